The Morgan fingerprint density at radius 2 is 2.00 bits per heavy atom. The van der Waals surface area contributed by atoms with Crippen molar-refractivity contribution in [2.24, 2.45) is 0 Å². The van der Waals surface area contributed by atoms with Crippen molar-refractivity contribution < 1.29 is 9.50 Å². The maximum Gasteiger partial charge on any atom is 0.124 e. The second kappa shape index (κ2) is 5.56. The summed E-state index contributed by atoms with van der Waals surface area (Å²) in [6.07, 6.45) is 0. The minimum atomic E-state index is -0.247. The van der Waals surface area contributed by atoms with Gasteiger partial charge in [-0.3, -0.25) is 0 Å². The molecule has 0 spiro atoms. The normalized spacial score (nSPS) is 10.4. The van der Waals surface area contributed by atoms with E-state index in [1.165, 1.54) is 12.1 Å². The maximum atomic E-state index is 13.0. The van der Waals surface area contributed by atoms with Gasteiger partial charge in [0.2, 0.25) is 0 Å². The molecule has 2 nitrogen and oxygen atoms in total. The number of phenolic OH excluding ortho intramolecular Hbond substituents is 1. The highest BCUT2D eigenvalue weighted by Crippen LogP contribution is 2.23. The van der Waals surface area contributed by atoms with Gasteiger partial charge in [-0.1, -0.05) is 17.7 Å². The van der Waals surface area contributed by atoms with Gasteiger partial charge < -0.3 is 10.4 Å². The Labute approximate surface area is 119 Å². The van der Waals surface area contributed by atoms with Crippen molar-refractivity contribution in [3.05, 3.63) is 56.9 Å². The van der Waals surface area contributed by atoms with E-state index in [0.717, 1.165) is 20.4 Å². The Morgan fingerprint density at radius 1 is 1.22 bits per heavy atom. The summed E-state index contributed by atoms with van der Waals surface area (Å²) in [5.41, 5.74) is 2.78. The monoisotopic (exact) mass is 357 g/mol. The minimum absolute atomic E-state index is 0.247. The lowest BCUT2D eigenvalue weighted by atomic mass is 10.1. The van der Waals surface area contributed by atoms with Crippen LogP contribution in [-0.2, 0) is 6.54 Å². The van der Waals surface area contributed by atoms with Crippen LogP contribution in [0, 0.1) is 16.3 Å². The number of aryl methyl sites for hydroxylation is 1. The lowest BCUT2D eigenvalue weighted by molar-refractivity contribution is 0.469. The van der Waals surface area contributed by atoms with Crippen molar-refractivity contribution >= 4 is 28.3 Å². The Hall–Kier alpha value is -1.30. The lowest BCUT2D eigenvalue weighted by Crippen LogP contribution is -2.02. The van der Waals surface area contributed by atoms with Crippen LogP contribution < -0.4 is 5.32 Å². The number of hydrogen-bond acceptors (Lipinski definition) is 2. The van der Waals surface area contributed by atoms with Gasteiger partial charge in [-0.2, -0.15) is 0 Å². The molecule has 0 atom stereocenters. The van der Waals surface area contributed by atoms with Crippen molar-refractivity contribution in [2.75, 3.05) is 5.32 Å². The second-order valence-corrected chi connectivity index (χ2v) is 5.27. The van der Waals surface area contributed by atoms with Crippen molar-refractivity contribution in [2.45, 2.75) is 13.5 Å². The molecule has 0 aliphatic rings. The van der Waals surface area contributed by atoms with Crippen LogP contribution in [0.1, 0.15) is 11.1 Å². The van der Waals surface area contributed by atoms with E-state index in [9.17, 15) is 9.50 Å². The summed E-state index contributed by atoms with van der Waals surface area (Å²) < 4.78 is 13.8. The van der Waals surface area contributed by atoms with Crippen molar-refractivity contribution in [3.63, 3.8) is 0 Å². The highest BCUT2D eigenvalue weighted by molar-refractivity contribution is 14.1. The average Bonchev–Trinajstić information content (AvgIpc) is 2.32. The zero-order chi connectivity index (χ0) is 13.1. The summed E-state index contributed by atoms with van der Waals surface area (Å²) in [4.78, 5) is 0. The Bertz CT molecular complexity index is 572. The van der Waals surface area contributed by atoms with E-state index in [1.807, 2.05) is 19.1 Å². The average molecular weight is 357 g/mol. The molecule has 0 bridgehead atoms. The standard InChI is InChI=1S/C14H13FINO/c1-9-2-5-14(18)10(6-9)8-17-13-4-3-11(15)7-12(13)16/h2-7,17-18H,8H2,1H3. The third kappa shape index (κ3) is 3.13. The summed E-state index contributed by atoms with van der Waals surface area (Å²) in [7, 11) is 0. The Morgan fingerprint density at radius 3 is 2.72 bits per heavy atom. The van der Waals surface area contributed by atoms with E-state index in [2.05, 4.69) is 27.9 Å². The quantitative estimate of drug-likeness (QED) is 0.813. The predicted octanol–water partition coefficient (Wildman–Crippen LogP) is 4.06. The summed E-state index contributed by atoms with van der Waals surface area (Å²) in [5, 5.41) is 12.9. The molecular formula is C14H13FINO. The highest BCUT2D eigenvalue weighted by Gasteiger charge is 2.04. The van der Waals surface area contributed by atoms with Gasteiger partial charge in [0.15, 0.2) is 0 Å². The van der Waals surface area contributed by atoms with Gasteiger partial charge in [0.25, 0.3) is 0 Å². The zero-order valence-electron chi connectivity index (χ0n) is 9.87. The van der Waals surface area contributed by atoms with Gasteiger partial charge >= 0.3 is 0 Å². The smallest absolute Gasteiger partial charge is 0.124 e. The zero-order valence-corrected chi connectivity index (χ0v) is 12.0. The molecule has 0 radical (unpaired) electrons. The molecule has 0 unspecified atom stereocenters. The van der Waals surface area contributed by atoms with Gasteiger partial charge in [0.05, 0.1) is 0 Å². The van der Waals surface area contributed by atoms with Gasteiger partial charge in [-0.05, 0) is 53.8 Å². The molecule has 4 heteroatoms. The first-order valence-electron chi connectivity index (χ1n) is 5.53. The van der Waals surface area contributed by atoms with Gasteiger partial charge in [-0.15, -0.1) is 0 Å². The molecule has 0 fully saturated rings. The Balaban J connectivity index is 2.13. The van der Waals surface area contributed by atoms with E-state index in [1.54, 1.807) is 12.1 Å². The first kappa shape index (κ1) is 13.1. The van der Waals surface area contributed by atoms with E-state index >= 15 is 0 Å². The van der Waals surface area contributed by atoms with Crippen LogP contribution in [-0.4, -0.2) is 5.11 Å². The van der Waals surface area contributed by atoms with Crippen molar-refractivity contribution in [3.8, 4) is 5.75 Å². The molecule has 0 aliphatic heterocycles. The van der Waals surface area contributed by atoms with Crippen LogP contribution in [0.2, 0.25) is 0 Å². The fourth-order valence-corrected chi connectivity index (χ4v) is 2.35. The van der Waals surface area contributed by atoms with Crippen molar-refractivity contribution in [1.29, 1.82) is 0 Å². The highest BCUT2D eigenvalue weighted by atomic mass is 127. The molecule has 2 aromatic carbocycles. The molecule has 2 aromatic rings. The fourth-order valence-electron chi connectivity index (χ4n) is 1.68. The number of hydrogen-bond donors (Lipinski definition) is 2. The third-order valence-electron chi connectivity index (χ3n) is 2.64. The molecule has 2 N–H and O–H groups in total. The third-order valence-corrected chi connectivity index (χ3v) is 3.53. The first-order chi connectivity index (χ1) is 8.56. The Kier molecular flexibility index (Phi) is 4.06. The molecule has 0 saturated heterocycles. The van der Waals surface area contributed by atoms with Crippen molar-refractivity contribution in [1.82, 2.24) is 0 Å². The number of anilines is 1. The molecule has 0 saturated carbocycles. The fraction of sp³-hybridized carbons (Fsp3) is 0.143. The summed E-state index contributed by atoms with van der Waals surface area (Å²) >= 11 is 2.08. The molecular weight excluding hydrogens is 344 g/mol. The summed E-state index contributed by atoms with van der Waals surface area (Å²) in [6, 6.07) is 10.1. The van der Waals surface area contributed by atoms with Gasteiger partial charge in [0, 0.05) is 21.4 Å². The maximum absolute atomic E-state index is 13.0. The second-order valence-electron chi connectivity index (χ2n) is 4.11. The summed E-state index contributed by atoms with van der Waals surface area (Å²) in [5.74, 6) is 0.0218. The summed E-state index contributed by atoms with van der Waals surface area (Å²) in [6.45, 7) is 2.49. The van der Waals surface area contributed by atoms with Crippen LogP contribution >= 0.6 is 22.6 Å². The van der Waals surface area contributed by atoms with Crippen LogP contribution in [0.15, 0.2) is 36.4 Å². The van der Waals surface area contributed by atoms with Gasteiger partial charge in [-0.25, -0.2) is 4.39 Å². The molecule has 2 rings (SSSR count). The molecule has 0 aromatic heterocycles. The van der Waals surface area contributed by atoms with E-state index in [4.69, 9.17) is 0 Å². The molecule has 0 aliphatic carbocycles. The number of aromatic hydroxyl groups is 1. The molecule has 0 heterocycles. The molecule has 0 amide bonds. The van der Waals surface area contributed by atoms with E-state index in [-0.39, 0.29) is 11.6 Å². The van der Waals surface area contributed by atoms with E-state index in [0.29, 0.717) is 6.54 Å². The predicted molar refractivity (Wildman–Crippen MR) is 79.3 cm³/mol. The number of rotatable bonds is 3. The number of nitrogens with one attached hydrogen (secondary N) is 1. The van der Waals surface area contributed by atoms with Crippen LogP contribution in [0.25, 0.3) is 0 Å². The van der Waals surface area contributed by atoms with E-state index < -0.39 is 0 Å². The molecule has 94 valence electrons. The largest absolute Gasteiger partial charge is 0.508 e. The lowest BCUT2D eigenvalue weighted by Gasteiger charge is -2.10. The number of halogens is 2. The van der Waals surface area contributed by atoms with Crippen LogP contribution in [0.5, 0.6) is 5.75 Å². The SMILES string of the molecule is Cc1ccc(O)c(CNc2ccc(F)cc2I)c1. The first-order valence-corrected chi connectivity index (χ1v) is 6.61. The van der Waals surface area contributed by atoms with Crippen LogP contribution in [0.3, 0.4) is 0 Å². The number of phenols is 1. The minimum Gasteiger partial charge on any atom is -0.508 e. The molecule has 18 heavy (non-hydrogen) atoms. The topological polar surface area (TPSA) is 32.3 Å². The van der Waals surface area contributed by atoms with Crippen LogP contribution in [0.4, 0.5) is 10.1 Å². The number of benzene rings is 2. The van der Waals surface area contributed by atoms with Gasteiger partial charge in [0.1, 0.15) is 11.6 Å².